The lowest BCUT2D eigenvalue weighted by atomic mass is 10.1. The molecule has 0 atom stereocenters. The lowest BCUT2D eigenvalue weighted by Gasteiger charge is -2.09. The Morgan fingerprint density at radius 1 is 1.00 bits per heavy atom. The molecule has 2 aromatic carbocycles. The molecule has 0 aliphatic heterocycles. The minimum Gasteiger partial charge on any atom is -0.436 e. The molecule has 29 heavy (non-hydrogen) atoms. The fourth-order valence-electron chi connectivity index (χ4n) is 2.78. The maximum absolute atomic E-state index is 13.3. The molecule has 0 unspecified atom stereocenters. The molecule has 0 bridgehead atoms. The summed E-state index contributed by atoms with van der Waals surface area (Å²) in [5, 5.41) is 1.52. The van der Waals surface area contributed by atoms with E-state index in [0.29, 0.717) is 27.4 Å². The van der Waals surface area contributed by atoms with Crippen LogP contribution < -0.4 is 4.74 Å². The van der Waals surface area contributed by atoms with Crippen molar-refractivity contribution >= 4 is 35.0 Å². The first-order chi connectivity index (χ1) is 14.0. The van der Waals surface area contributed by atoms with Crippen LogP contribution in [0.4, 0.5) is 4.39 Å². The van der Waals surface area contributed by atoms with Gasteiger partial charge >= 0.3 is 0 Å². The van der Waals surface area contributed by atoms with Crippen molar-refractivity contribution in [2.75, 3.05) is 6.26 Å². The summed E-state index contributed by atoms with van der Waals surface area (Å²) >= 11 is 13.9. The number of hydrogen-bond acceptors (Lipinski definition) is 4. The molecular weight excluding hydrogens is 432 g/mol. The van der Waals surface area contributed by atoms with Gasteiger partial charge in [-0.3, -0.25) is 0 Å². The Bertz CT molecular complexity index is 1140. The van der Waals surface area contributed by atoms with Crippen molar-refractivity contribution in [1.29, 1.82) is 0 Å². The Kier molecular flexibility index (Phi) is 5.76. The van der Waals surface area contributed by atoms with E-state index in [1.165, 1.54) is 23.9 Å². The van der Waals surface area contributed by atoms with Crippen LogP contribution >= 0.6 is 35.0 Å². The van der Waals surface area contributed by atoms with Crippen molar-refractivity contribution in [2.45, 2.75) is 5.16 Å². The Hall–Kier alpha value is -2.54. The van der Waals surface area contributed by atoms with Crippen molar-refractivity contribution in [3.63, 3.8) is 0 Å². The second-order valence-electron chi connectivity index (χ2n) is 6.01. The average Bonchev–Trinajstić information content (AvgIpc) is 3.16. The maximum atomic E-state index is 13.3. The first-order valence-corrected chi connectivity index (χ1v) is 10.5. The van der Waals surface area contributed by atoms with Gasteiger partial charge in [0.2, 0.25) is 5.88 Å². The number of rotatable bonds is 5. The van der Waals surface area contributed by atoms with E-state index in [2.05, 4.69) is 15.0 Å². The summed E-state index contributed by atoms with van der Waals surface area (Å²) in [6.45, 7) is 0. The minimum atomic E-state index is -0.295. The van der Waals surface area contributed by atoms with Crippen LogP contribution in [0.2, 0.25) is 10.0 Å². The van der Waals surface area contributed by atoms with Crippen LogP contribution in [-0.2, 0) is 0 Å². The third-order valence-corrected chi connectivity index (χ3v) is 5.32. The number of para-hydroxylation sites is 1. The van der Waals surface area contributed by atoms with Gasteiger partial charge in [-0.05, 0) is 48.7 Å². The molecule has 0 fully saturated rings. The second kappa shape index (κ2) is 8.45. The molecule has 0 aliphatic rings. The predicted molar refractivity (Wildman–Crippen MR) is 116 cm³/mol. The van der Waals surface area contributed by atoms with Crippen molar-refractivity contribution in [3.8, 4) is 34.1 Å². The summed E-state index contributed by atoms with van der Waals surface area (Å²) in [5.74, 6) is 0.374. The Morgan fingerprint density at radius 2 is 1.72 bits per heavy atom. The monoisotopic (exact) mass is 445 g/mol. The number of imidazole rings is 1. The first-order valence-electron chi connectivity index (χ1n) is 8.53. The molecule has 0 spiro atoms. The molecule has 4 nitrogen and oxygen atoms in total. The van der Waals surface area contributed by atoms with E-state index in [-0.39, 0.29) is 5.82 Å². The van der Waals surface area contributed by atoms with Gasteiger partial charge in [0.15, 0.2) is 10.9 Å². The van der Waals surface area contributed by atoms with E-state index in [1.54, 1.807) is 42.6 Å². The molecule has 0 amide bonds. The van der Waals surface area contributed by atoms with E-state index in [4.69, 9.17) is 27.9 Å². The van der Waals surface area contributed by atoms with Gasteiger partial charge in [-0.25, -0.2) is 14.4 Å². The SMILES string of the molecule is CSc1nc(-c2ccnc(Oc3c(Cl)cccc3Cl)c2)c(-c2ccc(F)cc2)[nH]1. The van der Waals surface area contributed by atoms with Crippen LogP contribution in [0.3, 0.4) is 0 Å². The van der Waals surface area contributed by atoms with Crippen LogP contribution in [0.25, 0.3) is 22.5 Å². The molecule has 2 aromatic heterocycles. The second-order valence-corrected chi connectivity index (χ2v) is 7.62. The summed E-state index contributed by atoms with van der Waals surface area (Å²) < 4.78 is 19.2. The molecule has 0 saturated heterocycles. The van der Waals surface area contributed by atoms with Gasteiger partial charge in [-0.2, -0.15) is 0 Å². The lowest BCUT2D eigenvalue weighted by molar-refractivity contribution is 0.463. The molecular formula is C21H14Cl2FN3OS. The van der Waals surface area contributed by atoms with Crippen LogP contribution in [0, 0.1) is 5.82 Å². The predicted octanol–water partition coefficient (Wildman–Crippen LogP) is 7.10. The molecule has 4 rings (SSSR count). The number of halogens is 3. The fourth-order valence-corrected chi connectivity index (χ4v) is 3.64. The van der Waals surface area contributed by atoms with Gasteiger partial charge in [0.1, 0.15) is 5.82 Å². The van der Waals surface area contributed by atoms with E-state index in [0.717, 1.165) is 22.0 Å². The molecule has 1 N–H and O–H groups in total. The molecule has 0 saturated carbocycles. The Balaban J connectivity index is 1.75. The molecule has 0 radical (unpaired) electrons. The summed E-state index contributed by atoms with van der Waals surface area (Å²) in [4.78, 5) is 12.2. The van der Waals surface area contributed by atoms with Crippen LogP contribution in [0.5, 0.6) is 11.6 Å². The average molecular weight is 446 g/mol. The normalized spacial score (nSPS) is 10.9. The Labute approximate surface area is 181 Å². The number of benzene rings is 2. The van der Waals surface area contributed by atoms with E-state index < -0.39 is 0 Å². The summed E-state index contributed by atoms with van der Waals surface area (Å²) in [6.07, 6.45) is 3.55. The zero-order chi connectivity index (χ0) is 20.4. The van der Waals surface area contributed by atoms with Crippen molar-refractivity contribution in [3.05, 3.63) is 76.7 Å². The van der Waals surface area contributed by atoms with E-state index >= 15 is 0 Å². The van der Waals surface area contributed by atoms with Gasteiger partial charge < -0.3 is 9.72 Å². The van der Waals surface area contributed by atoms with E-state index in [9.17, 15) is 4.39 Å². The van der Waals surface area contributed by atoms with Gasteiger partial charge in [-0.1, -0.05) is 41.0 Å². The van der Waals surface area contributed by atoms with Gasteiger partial charge in [-0.15, -0.1) is 0 Å². The number of ether oxygens (including phenoxy) is 1. The standard InChI is InChI=1S/C21H14Cl2FN3OS/c1-29-21-26-18(12-5-7-14(24)8-6-12)19(27-21)13-9-10-25-17(11-13)28-20-15(22)3-2-4-16(20)23/h2-11H,1H3,(H,26,27). The Morgan fingerprint density at radius 3 is 2.41 bits per heavy atom. The van der Waals surface area contributed by atoms with Crippen molar-refractivity contribution in [1.82, 2.24) is 15.0 Å². The number of nitrogens with zero attached hydrogens (tertiary/aromatic N) is 2. The highest BCUT2D eigenvalue weighted by Crippen LogP contribution is 2.37. The molecule has 0 aliphatic carbocycles. The molecule has 4 aromatic rings. The van der Waals surface area contributed by atoms with E-state index in [1.807, 2.05) is 12.3 Å². The molecule has 2 heterocycles. The first kappa shape index (κ1) is 19.8. The number of H-pyrrole nitrogens is 1. The number of thioether (sulfide) groups is 1. The third-order valence-electron chi connectivity index (χ3n) is 4.14. The van der Waals surface area contributed by atoms with Crippen LogP contribution in [0.1, 0.15) is 0 Å². The maximum Gasteiger partial charge on any atom is 0.220 e. The lowest BCUT2D eigenvalue weighted by Crippen LogP contribution is -1.91. The molecule has 8 heteroatoms. The zero-order valence-electron chi connectivity index (χ0n) is 15.1. The van der Waals surface area contributed by atoms with Crippen molar-refractivity contribution < 1.29 is 9.13 Å². The van der Waals surface area contributed by atoms with Gasteiger partial charge in [0.05, 0.1) is 21.4 Å². The van der Waals surface area contributed by atoms with Crippen molar-refractivity contribution in [2.24, 2.45) is 0 Å². The minimum absolute atomic E-state index is 0.295. The largest absolute Gasteiger partial charge is 0.436 e. The fraction of sp³-hybridized carbons (Fsp3) is 0.0476. The number of aromatic nitrogens is 3. The van der Waals surface area contributed by atoms with Crippen LogP contribution in [-0.4, -0.2) is 21.2 Å². The quantitative estimate of drug-likeness (QED) is 0.332. The summed E-state index contributed by atoms with van der Waals surface area (Å²) in [5.41, 5.74) is 3.09. The summed E-state index contributed by atoms with van der Waals surface area (Å²) in [6, 6.07) is 15.0. The third kappa shape index (κ3) is 4.24. The number of nitrogens with one attached hydrogen (secondary N) is 1. The number of pyridine rings is 1. The highest BCUT2D eigenvalue weighted by atomic mass is 35.5. The highest BCUT2D eigenvalue weighted by molar-refractivity contribution is 7.98. The number of hydrogen-bond donors (Lipinski definition) is 1. The van der Waals surface area contributed by atoms with Gasteiger partial charge in [0.25, 0.3) is 0 Å². The van der Waals surface area contributed by atoms with Crippen LogP contribution in [0.15, 0.2) is 66.0 Å². The smallest absolute Gasteiger partial charge is 0.220 e. The number of aromatic amines is 1. The van der Waals surface area contributed by atoms with Gasteiger partial charge in [0, 0.05) is 23.4 Å². The zero-order valence-corrected chi connectivity index (χ0v) is 17.4. The highest BCUT2D eigenvalue weighted by Gasteiger charge is 2.16. The summed E-state index contributed by atoms with van der Waals surface area (Å²) in [7, 11) is 0. The molecule has 146 valence electrons. The topological polar surface area (TPSA) is 50.8 Å².